The normalized spacial score (nSPS) is 15.4. The average molecular weight is 431 g/mol. The zero-order valence-corrected chi connectivity index (χ0v) is 16.6. The molecule has 0 saturated carbocycles. The first kappa shape index (κ1) is 19.0. The summed E-state index contributed by atoms with van der Waals surface area (Å²) in [6, 6.07) is 13.6. The number of amides is 3. The fourth-order valence-electron chi connectivity index (χ4n) is 3.13. The highest BCUT2D eigenvalue weighted by Gasteiger charge is 2.53. The summed E-state index contributed by atoms with van der Waals surface area (Å²) in [4.78, 5) is 27.2. The number of nitrogens with zero attached hydrogens (tertiary/aromatic N) is 1. The van der Waals surface area contributed by atoms with Crippen molar-refractivity contribution < 1.29 is 19.1 Å². The van der Waals surface area contributed by atoms with Gasteiger partial charge in [0.2, 0.25) is 0 Å². The third-order valence-electron chi connectivity index (χ3n) is 4.48. The van der Waals surface area contributed by atoms with Crippen LogP contribution in [0, 0.1) is 0 Å². The number of carbonyl (C=O) groups is 2. The largest absolute Gasteiger partial charge is 0.497 e. The van der Waals surface area contributed by atoms with E-state index in [1.165, 1.54) is 0 Å². The molecule has 1 aliphatic heterocycles. The summed E-state index contributed by atoms with van der Waals surface area (Å²) in [5.74, 6) is 0.945. The van der Waals surface area contributed by atoms with E-state index < -0.39 is 11.6 Å². The van der Waals surface area contributed by atoms with Gasteiger partial charge >= 0.3 is 6.03 Å². The van der Waals surface area contributed by atoms with E-state index in [9.17, 15) is 9.59 Å². The number of benzene rings is 2. The molecule has 0 atom stereocenters. The standard InChI is InChI=1S/C20H19BrN2O4/c1-13(21)12-23-18(24)20(22-19(23)25,14-4-8-16(26-2)9-5-14)15-6-10-17(27-3)11-7-15/h4-11H,1,12H2,2-3H3,(H,22,25). The van der Waals surface area contributed by atoms with Gasteiger partial charge in [-0.15, -0.1) is 0 Å². The smallest absolute Gasteiger partial charge is 0.325 e. The summed E-state index contributed by atoms with van der Waals surface area (Å²) in [6.45, 7) is 3.82. The van der Waals surface area contributed by atoms with E-state index in [0.29, 0.717) is 27.1 Å². The Labute approximate surface area is 165 Å². The molecule has 3 rings (SSSR count). The van der Waals surface area contributed by atoms with Gasteiger partial charge in [-0.25, -0.2) is 4.79 Å². The predicted molar refractivity (Wildman–Crippen MR) is 105 cm³/mol. The van der Waals surface area contributed by atoms with E-state index in [0.717, 1.165) is 4.90 Å². The molecule has 27 heavy (non-hydrogen) atoms. The van der Waals surface area contributed by atoms with Crippen LogP contribution in [0.3, 0.4) is 0 Å². The van der Waals surface area contributed by atoms with Crippen LogP contribution in [-0.2, 0) is 10.3 Å². The maximum absolute atomic E-state index is 13.4. The Balaban J connectivity index is 2.15. The first-order valence-electron chi connectivity index (χ1n) is 8.19. The highest BCUT2D eigenvalue weighted by Crippen LogP contribution is 2.37. The van der Waals surface area contributed by atoms with Crippen LogP contribution in [0.1, 0.15) is 11.1 Å². The second-order valence-corrected chi connectivity index (χ2v) is 7.17. The van der Waals surface area contributed by atoms with Crippen LogP contribution in [0.2, 0.25) is 0 Å². The predicted octanol–water partition coefficient (Wildman–Crippen LogP) is 3.41. The Morgan fingerprint density at radius 2 is 1.44 bits per heavy atom. The molecule has 0 aliphatic carbocycles. The lowest BCUT2D eigenvalue weighted by Gasteiger charge is -2.28. The molecule has 1 N–H and O–H groups in total. The second-order valence-electron chi connectivity index (χ2n) is 6.05. The molecule has 1 saturated heterocycles. The molecule has 7 heteroatoms. The number of halogens is 1. The Morgan fingerprint density at radius 1 is 1.00 bits per heavy atom. The maximum Gasteiger partial charge on any atom is 0.325 e. The van der Waals surface area contributed by atoms with Gasteiger partial charge < -0.3 is 14.8 Å². The zero-order valence-electron chi connectivity index (χ0n) is 15.0. The quantitative estimate of drug-likeness (QED) is 0.712. The van der Waals surface area contributed by atoms with E-state index in [1.807, 2.05) is 0 Å². The lowest BCUT2D eigenvalue weighted by Crippen LogP contribution is -2.45. The van der Waals surface area contributed by atoms with Gasteiger partial charge in [0.05, 0.1) is 20.8 Å². The third kappa shape index (κ3) is 3.30. The molecule has 1 aliphatic rings. The van der Waals surface area contributed by atoms with Crippen LogP contribution in [-0.4, -0.2) is 37.6 Å². The minimum absolute atomic E-state index is 0.0821. The van der Waals surface area contributed by atoms with E-state index in [1.54, 1.807) is 62.8 Å². The minimum Gasteiger partial charge on any atom is -0.497 e. The topological polar surface area (TPSA) is 67.9 Å². The molecule has 0 radical (unpaired) electrons. The van der Waals surface area contributed by atoms with E-state index >= 15 is 0 Å². The molecule has 2 aromatic carbocycles. The summed E-state index contributed by atoms with van der Waals surface area (Å²) in [7, 11) is 3.14. The highest BCUT2D eigenvalue weighted by molar-refractivity contribution is 9.11. The van der Waals surface area contributed by atoms with Gasteiger partial charge in [0, 0.05) is 4.48 Å². The lowest BCUT2D eigenvalue weighted by atomic mass is 9.82. The number of hydrogen-bond acceptors (Lipinski definition) is 4. The van der Waals surface area contributed by atoms with Gasteiger partial charge in [0.1, 0.15) is 11.5 Å². The van der Waals surface area contributed by atoms with E-state index in [4.69, 9.17) is 9.47 Å². The number of hydrogen-bond donors (Lipinski definition) is 1. The van der Waals surface area contributed by atoms with Crippen molar-refractivity contribution in [1.29, 1.82) is 0 Å². The summed E-state index contributed by atoms with van der Waals surface area (Å²) in [6.07, 6.45) is 0. The van der Waals surface area contributed by atoms with Crippen LogP contribution in [0.15, 0.2) is 59.6 Å². The first-order valence-corrected chi connectivity index (χ1v) is 8.98. The van der Waals surface area contributed by atoms with E-state index in [2.05, 4.69) is 27.8 Å². The van der Waals surface area contributed by atoms with Crippen LogP contribution in [0.25, 0.3) is 0 Å². The SMILES string of the molecule is C=C(Br)CN1C(=O)NC(c2ccc(OC)cc2)(c2ccc(OC)cc2)C1=O. The number of nitrogens with one attached hydrogen (secondary N) is 1. The van der Waals surface area contributed by atoms with Crippen molar-refractivity contribution in [3.8, 4) is 11.5 Å². The van der Waals surface area contributed by atoms with Crippen molar-refractivity contribution in [3.05, 3.63) is 70.7 Å². The number of carbonyl (C=O) groups excluding carboxylic acids is 2. The highest BCUT2D eigenvalue weighted by atomic mass is 79.9. The van der Waals surface area contributed by atoms with Crippen molar-refractivity contribution in [3.63, 3.8) is 0 Å². The summed E-state index contributed by atoms with van der Waals surface area (Å²) in [5.41, 5.74) is -0.0676. The monoisotopic (exact) mass is 430 g/mol. The van der Waals surface area contributed by atoms with Gasteiger partial charge in [-0.3, -0.25) is 9.69 Å². The van der Waals surface area contributed by atoms with Gasteiger partial charge in [0.25, 0.3) is 5.91 Å². The summed E-state index contributed by atoms with van der Waals surface area (Å²) >= 11 is 3.23. The van der Waals surface area contributed by atoms with Crippen molar-refractivity contribution in [2.24, 2.45) is 0 Å². The second kappa shape index (κ2) is 7.44. The molecule has 140 valence electrons. The number of rotatable bonds is 6. The zero-order chi connectivity index (χ0) is 19.6. The molecule has 2 aromatic rings. The fourth-order valence-corrected chi connectivity index (χ4v) is 3.38. The molecule has 6 nitrogen and oxygen atoms in total. The number of imide groups is 1. The molecular weight excluding hydrogens is 412 g/mol. The van der Waals surface area contributed by atoms with Crippen molar-refractivity contribution in [1.82, 2.24) is 10.2 Å². The molecule has 0 spiro atoms. The van der Waals surface area contributed by atoms with Gasteiger partial charge in [-0.2, -0.15) is 0 Å². The molecule has 1 fully saturated rings. The summed E-state index contributed by atoms with van der Waals surface area (Å²) in [5, 5.41) is 2.87. The molecule has 0 bridgehead atoms. The Morgan fingerprint density at radius 3 is 1.81 bits per heavy atom. The Bertz CT molecular complexity index is 830. The van der Waals surface area contributed by atoms with Gasteiger partial charge in [0.15, 0.2) is 5.54 Å². The van der Waals surface area contributed by atoms with Crippen molar-refractivity contribution >= 4 is 27.9 Å². The van der Waals surface area contributed by atoms with Gasteiger partial charge in [-0.05, 0) is 35.4 Å². The molecule has 1 heterocycles. The minimum atomic E-state index is -1.34. The molecule has 3 amide bonds. The first-order chi connectivity index (χ1) is 12.9. The third-order valence-corrected chi connectivity index (χ3v) is 4.73. The number of ether oxygens (including phenoxy) is 2. The van der Waals surface area contributed by atoms with Crippen molar-refractivity contribution in [2.45, 2.75) is 5.54 Å². The molecule has 0 unspecified atom stereocenters. The average Bonchev–Trinajstić information content (AvgIpc) is 2.93. The van der Waals surface area contributed by atoms with Crippen LogP contribution in [0.5, 0.6) is 11.5 Å². The Kier molecular flexibility index (Phi) is 5.23. The number of urea groups is 1. The maximum atomic E-state index is 13.4. The van der Waals surface area contributed by atoms with Crippen LogP contribution >= 0.6 is 15.9 Å². The van der Waals surface area contributed by atoms with E-state index in [-0.39, 0.29) is 12.5 Å². The Hall–Kier alpha value is -2.80. The summed E-state index contributed by atoms with van der Waals surface area (Å²) < 4.78 is 10.9. The molecular formula is C20H19BrN2O4. The fraction of sp³-hybridized carbons (Fsp3) is 0.200. The van der Waals surface area contributed by atoms with Crippen LogP contribution < -0.4 is 14.8 Å². The van der Waals surface area contributed by atoms with Gasteiger partial charge in [-0.1, -0.05) is 46.8 Å². The molecule has 0 aromatic heterocycles. The lowest BCUT2D eigenvalue weighted by molar-refractivity contribution is -0.129. The van der Waals surface area contributed by atoms with Crippen LogP contribution in [0.4, 0.5) is 4.79 Å². The number of methoxy groups -OCH3 is 2. The van der Waals surface area contributed by atoms with Crippen molar-refractivity contribution in [2.75, 3.05) is 20.8 Å².